The van der Waals surface area contributed by atoms with Crippen LogP contribution < -0.4 is 16.0 Å². The van der Waals surface area contributed by atoms with Crippen LogP contribution in [0.5, 0.6) is 0 Å². The van der Waals surface area contributed by atoms with Crippen molar-refractivity contribution in [1.82, 2.24) is 20.9 Å². The molecule has 0 radical (unpaired) electrons. The standard InChI is InChI=1S/C28H34Cl2N4O5/c1-4-8-20(24(36)26(38)31-11-5-2)33-25(37)23-21-19(28(21,29)30)14-34(23)27(39)22(32-15(3)35)18-12-16-9-6-7-10-17(16)13-18/h5-7,9-10,18-23H,2,4,8,11-14H2,1,3H3,(H,31,38)(H,32,35)(H,33,37)/t19-,20?,21-,22-,23-/m0/s1. The van der Waals surface area contributed by atoms with Crippen LogP contribution in [0.2, 0.25) is 0 Å². The number of carbonyl (C=O) groups is 5. The fourth-order valence-electron chi connectivity index (χ4n) is 5.97. The first-order valence-electron chi connectivity index (χ1n) is 13.3. The number of nitrogens with zero attached hydrogens (tertiary/aromatic N) is 1. The highest BCUT2D eigenvalue weighted by atomic mass is 35.5. The van der Waals surface area contributed by atoms with E-state index in [-0.39, 0.29) is 43.2 Å². The van der Waals surface area contributed by atoms with E-state index in [2.05, 4.69) is 22.5 Å². The highest BCUT2D eigenvalue weighted by molar-refractivity contribution is 6.51. The molecule has 1 aromatic carbocycles. The van der Waals surface area contributed by atoms with Crippen LogP contribution in [0.1, 0.15) is 37.8 Å². The number of amides is 4. The number of fused-ring (bicyclic) bond motifs is 2. The number of rotatable bonds is 11. The van der Waals surface area contributed by atoms with Crippen molar-refractivity contribution in [2.45, 2.75) is 62.0 Å². The van der Waals surface area contributed by atoms with Crippen LogP contribution >= 0.6 is 23.2 Å². The van der Waals surface area contributed by atoms with Gasteiger partial charge in [0.25, 0.3) is 5.91 Å². The lowest BCUT2D eigenvalue weighted by molar-refractivity contribution is -0.145. The Kier molecular flexibility index (Phi) is 8.71. The lowest BCUT2D eigenvalue weighted by atomic mass is 9.94. The van der Waals surface area contributed by atoms with E-state index in [9.17, 15) is 24.0 Å². The van der Waals surface area contributed by atoms with Crippen molar-refractivity contribution < 1.29 is 24.0 Å². The molecule has 1 heterocycles. The summed E-state index contributed by atoms with van der Waals surface area (Å²) in [6, 6.07) is 4.95. The van der Waals surface area contributed by atoms with Gasteiger partial charge in [-0.1, -0.05) is 43.7 Å². The minimum Gasteiger partial charge on any atom is -0.346 e. The number of nitrogens with one attached hydrogen (secondary N) is 3. The van der Waals surface area contributed by atoms with Crippen LogP contribution in [0.25, 0.3) is 0 Å². The first-order valence-corrected chi connectivity index (χ1v) is 14.0. The van der Waals surface area contributed by atoms with Crippen LogP contribution in [0.15, 0.2) is 36.9 Å². The summed E-state index contributed by atoms with van der Waals surface area (Å²) in [7, 11) is 0. The van der Waals surface area contributed by atoms with Gasteiger partial charge in [0.1, 0.15) is 16.4 Å². The van der Waals surface area contributed by atoms with Crippen LogP contribution in [0.3, 0.4) is 0 Å². The zero-order valence-corrected chi connectivity index (χ0v) is 23.6. The molecule has 1 unspecified atom stereocenters. The minimum absolute atomic E-state index is 0.114. The van der Waals surface area contributed by atoms with E-state index in [1.165, 1.54) is 17.9 Å². The zero-order chi connectivity index (χ0) is 28.5. The maximum atomic E-state index is 14.0. The van der Waals surface area contributed by atoms with Gasteiger partial charge >= 0.3 is 0 Å². The minimum atomic E-state index is -1.18. The summed E-state index contributed by atoms with van der Waals surface area (Å²) in [5.74, 6) is -3.98. The van der Waals surface area contributed by atoms with E-state index in [4.69, 9.17) is 23.2 Å². The van der Waals surface area contributed by atoms with E-state index < -0.39 is 46.0 Å². The van der Waals surface area contributed by atoms with Crippen molar-refractivity contribution >= 4 is 52.6 Å². The predicted molar refractivity (Wildman–Crippen MR) is 147 cm³/mol. The van der Waals surface area contributed by atoms with Gasteiger partial charge in [-0.3, -0.25) is 24.0 Å². The maximum Gasteiger partial charge on any atom is 0.289 e. The first kappa shape index (κ1) is 29.1. The fraction of sp³-hybridized carbons (Fsp3) is 0.536. The van der Waals surface area contributed by atoms with Gasteiger partial charge in [0.2, 0.25) is 23.5 Å². The fourth-order valence-corrected chi connectivity index (χ4v) is 6.79. The molecule has 39 heavy (non-hydrogen) atoms. The summed E-state index contributed by atoms with van der Waals surface area (Å²) in [6.07, 6.45) is 3.45. The summed E-state index contributed by atoms with van der Waals surface area (Å²) >= 11 is 12.9. The molecule has 210 valence electrons. The van der Waals surface area contributed by atoms with Crippen molar-refractivity contribution in [3.05, 3.63) is 48.0 Å². The number of hydrogen-bond donors (Lipinski definition) is 3. The van der Waals surface area contributed by atoms with Gasteiger partial charge in [0, 0.05) is 31.8 Å². The van der Waals surface area contributed by atoms with Crippen molar-refractivity contribution in [3.63, 3.8) is 0 Å². The third kappa shape index (κ3) is 5.84. The van der Waals surface area contributed by atoms with Crippen LogP contribution in [-0.2, 0) is 36.8 Å². The number of ketones is 1. The molecule has 2 aliphatic carbocycles. The van der Waals surface area contributed by atoms with E-state index in [1.54, 1.807) is 0 Å². The molecule has 3 aliphatic rings. The number of piperidine rings is 1. The summed E-state index contributed by atoms with van der Waals surface area (Å²) in [4.78, 5) is 66.3. The quantitative estimate of drug-likeness (QED) is 0.210. The molecule has 4 rings (SSSR count). The third-order valence-electron chi connectivity index (χ3n) is 7.90. The molecule has 1 aromatic rings. The average Bonchev–Trinajstić information content (AvgIpc) is 3.28. The van der Waals surface area contributed by atoms with Crippen LogP contribution in [0.4, 0.5) is 0 Å². The van der Waals surface area contributed by atoms with Gasteiger partial charge in [-0.05, 0) is 36.3 Å². The SMILES string of the molecule is C=CCNC(=O)C(=O)C(CCC)NC(=O)[C@@H]1[C@@H]2[C@H](CN1C(=O)[C@@H](NC(C)=O)C1Cc3ccccc3C1)C2(Cl)Cl. The molecule has 1 aliphatic heterocycles. The second kappa shape index (κ2) is 11.7. The number of Topliss-reactive ketones (excluding diaryl/α,β-unsaturated/α-hetero) is 1. The molecule has 1 saturated carbocycles. The number of hydrogen-bond acceptors (Lipinski definition) is 5. The molecule has 4 amide bonds. The van der Waals surface area contributed by atoms with E-state index >= 15 is 0 Å². The van der Waals surface area contributed by atoms with Crippen molar-refractivity contribution in [1.29, 1.82) is 0 Å². The van der Waals surface area contributed by atoms with Crippen LogP contribution in [-0.4, -0.2) is 69.9 Å². The second-order valence-electron chi connectivity index (χ2n) is 10.6. The van der Waals surface area contributed by atoms with Crippen LogP contribution in [0, 0.1) is 17.8 Å². The summed E-state index contributed by atoms with van der Waals surface area (Å²) in [5, 5.41) is 7.94. The Hall–Kier alpha value is -2.91. The molecule has 9 nitrogen and oxygen atoms in total. The molecular formula is C28H34Cl2N4O5. The Labute approximate surface area is 238 Å². The maximum absolute atomic E-state index is 14.0. The number of carbonyl (C=O) groups excluding carboxylic acids is 5. The highest BCUT2D eigenvalue weighted by Crippen LogP contribution is 2.65. The van der Waals surface area contributed by atoms with Gasteiger partial charge in [-0.15, -0.1) is 29.8 Å². The first-order chi connectivity index (χ1) is 18.5. The van der Waals surface area contributed by atoms with Crippen molar-refractivity contribution in [2.24, 2.45) is 17.8 Å². The lowest BCUT2D eigenvalue weighted by Gasteiger charge is -2.34. The Bertz CT molecular complexity index is 1160. The number of likely N-dealkylation sites (tertiary alicyclic amines) is 1. The van der Waals surface area contributed by atoms with E-state index in [0.717, 1.165) is 11.1 Å². The molecule has 5 atom stereocenters. The molecule has 11 heteroatoms. The number of benzene rings is 1. The zero-order valence-electron chi connectivity index (χ0n) is 22.0. The van der Waals surface area contributed by atoms with Gasteiger partial charge in [0.05, 0.1) is 6.04 Å². The number of halogens is 2. The van der Waals surface area contributed by atoms with Crippen molar-refractivity contribution in [3.8, 4) is 0 Å². The Morgan fingerprint density at radius 1 is 1.13 bits per heavy atom. The summed E-state index contributed by atoms with van der Waals surface area (Å²) < 4.78 is -1.18. The van der Waals surface area contributed by atoms with E-state index in [0.29, 0.717) is 19.3 Å². The topological polar surface area (TPSA) is 125 Å². The largest absolute Gasteiger partial charge is 0.346 e. The summed E-state index contributed by atoms with van der Waals surface area (Å²) in [6.45, 7) is 6.96. The monoisotopic (exact) mass is 576 g/mol. The molecule has 0 spiro atoms. The molecular weight excluding hydrogens is 543 g/mol. The molecule has 3 N–H and O–H groups in total. The van der Waals surface area contributed by atoms with Gasteiger partial charge in [0.15, 0.2) is 0 Å². The van der Waals surface area contributed by atoms with E-state index in [1.807, 2.05) is 31.2 Å². The molecule has 0 bridgehead atoms. The third-order valence-corrected chi connectivity index (χ3v) is 8.97. The van der Waals surface area contributed by atoms with Crippen molar-refractivity contribution in [2.75, 3.05) is 13.1 Å². The Morgan fingerprint density at radius 3 is 2.33 bits per heavy atom. The predicted octanol–water partition coefficient (Wildman–Crippen LogP) is 1.69. The molecule has 0 aromatic heterocycles. The van der Waals surface area contributed by atoms with Gasteiger partial charge < -0.3 is 20.9 Å². The lowest BCUT2D eigenvalue weighted by Crippen LogP contribution is -2.59. The van der Waals surface area contributed by atoms with Gasteiger partial charge in [-0.2, -0.15) is 0 Å². The normalized spacial score (nSPS) is 24.1. The Morgan fingerprint density at radius 2 is 1.77 bits per heavy atom. The highest BCUT2D eigenvalue weighted by Gasteiger charge is 2.74. The second-order valence-corrected chi connectivity index (χ2v) is 12.0. The summed E-state index contributed by atoms with van der Waals surface area (Å²) in [5.41, 5.74) is 2.25. The van der Waals surface area contributed by atoms with Gasteiger partial charge in [-0.25, -0.2) is 0 Å². The number of alkyl halides is 2. The Balaban J connectivity index is 1.55. The molecule has 1 saturated heterocycles. The molecule has 2 fully saturated rings. The smallest absolute Gasteiger partial charge is 0.289 e. The average molecular weight is 578 g/mol.